The third-order valence-electron chi connectivity index (χ3n) is 5.08. The van der Waals surface area contributed by atoms with Crippen molar-refractivity contribution in [3.05, 3.63) is 95.6 Å². The summed E-state index contributed by atoms with van der Waals surface area (Å²) in [5.41, 5.74) is 3.00. The predicted molar refractivity (Wildman–Crippen MR) is 128 cm³/mol. The lowest BCUT2D eigenvalue weighted by Gasteiger charge is -2.14. The molecule has 0 saturated carbocycles. The normalized spacial score (nSPS) is 11.4. The number of amides is 2. The van der Waals surface area contributed by atoms with Crippen molar-refractivity contribution >= 4 is 17.5 Å². The third kappa shape index (κ3) is 6.98. The first-order valence-corrected chi connectivity index (χ1v) is 11.0. The molecule has 5 nitrogen and oxygen atoms in total. The summed E-state index contributed by atoms with van der Waals surface area (Å²) in [6, 6.07) is 24.3. The van der Waals surface area contributed by atoms with Gasteiger partial charge >= 0.3 is 0 Å². The topological polar surface area (TPSA) is 67.4 Å². The molecule has 3 aromatic rings. The first kappa shape index (κ1) is 23.1. The lowest BCUT2D eigenvalue weighted by atomic mass is 10.1. The van der Waals surface area contributed by atoms with Crippen LogP contribution >= 0.6 is 0 Å². The Morgan fingerprint density at radius 1 is 0.844 bits per heavy atom. The summed E-state index contributed by atoms with van der Waals surface area (Å²) in [6.07, 6.45) is 2.72. The van der Waals surface area contributed by atoms with Crippen LogP contribution in [0.1, 0.15) is 53.0 Å². The number of carbonyl (C=O) groups is 2. The Morgan fingerprint density at radius 3 is 2.12 bits per heavy atom. The van der Waals surface area contributed by atoms with E-state index < -0.39 is 0 Å². The van der Waals surface area contributed by atoms with Crippen molar-refractivity contribution in [1.29, 1.82) is 0 Å². The molecular weight excluding hydrogens is 400 g/mol. The van der Waals surface area contributed by atoms with Crippen molar-refractivity contribution in [1.82, 2.24) is 5.32 Å². The summed E-state index contributed by atoms with van der Waals surface area (Å²) in [7, 11) is 0. The summed E-state index contributed by atoms with van der Waals surface area (Å²) >= 11 is 0. The second-order valence-corrected chi connectivity index (χ2v) is 7.80. The summed E-state index contributed by atoms with van der Waals surface area (Å²) < 4.78 is 5.54. The van der Waals surface area contributed by atoms with Crippen molar-refractivity contribution in [2.75, 3.05) is 11.9 Å². The standard InChI is InChI=1S/C27H30N2O3/c1-3-19-32-25-17-13-23(14-18-25)27(31)29-24-15-11-22(12-16-24)26(30)28-20(2)9-10-21-7-5-4-6-8-21/h4-8,11-18,20H,3,9-10,19H2,1-2H3,(H,28,30)(H,29,31). The molecule has 2 N–H and O–H groups in total. The van der Waals surface area contributed by atoms with E-state index in [-0.39, 0.29) is 17.9 Å². The second-order valence-electron chi connectivity index (χ2n) is 7.80. The number of carbonyl (C=O) groups excluding carboxylic acids is 2. The highest BCUT2D eigenvalue weighted by atomic mass is 16.5. The number of benzene rings is 3. The number of aryl methyl sites for hydroxylation is 1. The fourth-order valence-corrected chi connectivity index (χ4v) is 3.24. The van der Waals surface area contributed by atoms with E-state index in [0.29, 0.717) is 23.4 Å². The maximum Gasteiger partial charge on any atom is 0.255 e. The smallest absolute Gasteiger partial charge is 0.255 e. The molecule has 0 fully saturated rings. The summed E-state index contributed by atoms with van der Waals surface area (Å²) in [5.74, 6) is 0.418. The minimum Gasteiger partial charge on any atom is -0.494 e. The fraction of sp³-hybridized carbons (Fsp3) is 0.259. The third-order valence-corrected chi connectivity index (χ3v) is 5.08. The van der Waals surface area contributed by atoms with Gasteiger partial charge in [-0.3, -0.25) is 9.59 Å². The number of ether oxygens (including phenoxy) is 1. The average molecular weight is 431 g/mol. The van der Waals surface area contributed by atoms with Gasteiger partial charge in [0.05, 0.1) is 6.61 Å². The molecule has 0 saturated heterocycles. The molecule has 3 aromatic carbocycles. The van der Waals surface area contributed by atoms with Crippen molar-refractivity contribution in [2.24, 2.45) is 0 Å². The van der Waals surface area contributed by atoms with Crippen LogP contribution in [0.25, 0.3) is 0 Å². The van der Waals surface area contributed by atoms with Gasteiger partial charge < -0.3 is 15.4 Å². The quantitative estimate of drug-likeness (QED) is 0.448. The Bertz CT molecular complexity index is 999. The van der Waals surface area contributed by atoms with Gasteiger partial charge in [-0.1, -0.05) is 37.3 Å². The van der Waals surface area contributed by atoms with Crippen LogP contribution in [0.2, 0.25) is 0 Å². The van der Waals surface area contributed by atoms with Crippen molar-refractivity contribution < 1.29 is 14.3 Å². The number of hydrogen-bond acceptors (Lipinski definition) is 3. The first-order chi connectivity index (χ1) is 15.5. The van der Waals surface area contributed by atoms with E-state index in [1.165, 1.54) is 5.56 Å². The molecule has 166 valence electrons. The van der Waals surface area contributed by atoms with Gasteiger partial charge in [-0.15, -0.1) is 0 Å². The Labute approximate surface area is 189 Å². The largest absolute Gasteiger partial charge is 0.494 e. The van der Waals surface area contributed by atoms with E-state index in [4.69, 9.17) is 4.74 Å². The zero-order valence-corrected chi connectivity index (χ0v) is 18.6. The van der Waals surface area contributed by atoms with E-state index in [1.807, 2.05) is 32.0 Å². The molecule has 0 aliphatic heterocycles. The molecule has 0 heterocycles. The Kier molecular flexibility index (Phi) is 8.44. The van der Waals surface area contributed by atoms with E-state index in [2.05, 4.69) is 22.8 Å². The van der Waals surface area contributed by atoms with E-state index in [9.17, 15) is 9.59 Å². The van der Waals surface area contributed by atoms with Crippen LogP contribution in [0.5, 0.6) is 5.75 Å². The molecule has 0 aromatic heterocycles. The maximum absolute atomic E-state index is 12.5. The molecule has 32 heavy (non-hydrogen) atoms. The number of hydrogen-bond donors (Lipinski definition) is 2. The molecule has 3 rings (SSSR count). The lowest BCUT2D eigenvalue weighted by molar-refractivity contribution is 0.0938. The van der Waals surface area contributed by atoms with Gasteiger partial charge in [0.2, 0.25) is 0 Å². The molecule has 2 amide bonds. The highest BCUT2D eigenvalue weighted by Gasteiger charge is 2.11. The van der Waals surface area contributed by atoms with Crippen molar-refractivity contribution in [2.45, 2.75) is 39.2 Å². The lowest BCUT2D eigenvalue weighted by Crippen LogP contribution is -2.32. The van der Waals surface area contributed by atoms with Crippen LogP contribution in [0.15, 0.2) is 78.9 Å². The fourth-order valence-electron chi connectivity index (χ4n) is 3.24. The predicted octanol–water partition coefficient (Wildman–Crippen LogP) is 5.48. The zero-order chi connectivity index (χ0) is 22.8. The van der Waals surface area contributed by atoms with E-state index >= 15 is 0 Å². The van der Waals surface area contributed by atoms with Crippen LogP contribution in [0.3, 0.4) is 0 Å². The minimum absolute atomic E-state index is 0.0614. The summed E-state index contributed by atoms with van der Waals surface area (Å²) in [4.78, 5) is 25.0. The summed E-state index contributed by atoms with van der Waals surface area (Å²) in [6.45, 7) is 4.70. The minimum atomic E-state index is -0.209. The van der Waals surface area contributed by atoms with Crippen molar-refractivity contribution in [3.8, 4) is 5.75 Å². The highest BCUT2D eigenvalue weighted by molar-refractivity contribution is 6.04. The van der Waals surface area contributed by atoms with Gasteiger partial charge in [0.1, 0.15) is 5.75 Å². The Hall–Kier alpha value is -3.60. The molecule has 5 heteroatoms. The van der Waals surface area contributed by atoms with Crippen LogP contribution < -0.4 is 15.4 Å². The van der Waals surface area contributed by atoms with Gasteiger partial charge in [0.15, 0.2) is 0 Å². The van der Waals surface area contributed by atoms with Gasteiger partial charge in [0, 0.05) is 22.9 Å². The molecule has 0 bridgehead atoms. The van der Waals surface area contributed by atoms with Gasteiger partial charge in [-0.2, -0.15) is 0 Å². The number of nitrogens with one attached hydrogen (secondary N) is 2. The van der Waals surface area contributed by atoms with Crippen LogP contribution in [-0.2, 0) is 6.42 Å². The molecule has 0 aliphatic carbocycles. The van der Waals surface area contributed by atoms with E-state index in [1.54, 1.807) is 48.5 Å². The van der Waals surface area contributed by atoms with Gasteiger partial charge in [0.25, 0.3) is 11.8 Å². The second kappa shape index (κ2) is 11.7. The number of anilines is 1. The van der Waals surface area contributed by atoms with Gasteiger partial charge in [-0.05, 0) is 80.3 Å². The molecule has 0 spiro atoms. The molecule has 1 atom stereocenters. The van der Waals surface area contributed by atoms with Crippen LogP contribution in [-0.4, -0.2) is 24.5 Å². The first-order valence-electron chi connectivity index (χ1n) is 11.0. The van der Waals surface area contributed by atoms with Crippen molar-refractivity contribution in [3.63, 3.8) is 0 Å². The molecule has 0 aliphatic rings. The summed E-state index contributed by atoms with van der Waals surface area (Å²) in [5, 5.41) is 5.89. The maximum atomic E-state index is 12.5. The number of rotatable bonds is 10. The molecule has 0 radical (unpaired) electrons. The average Bonchev–Trinajstić information content (AvgIpc) is 2.83. The molecular formula is C27H30N2O3. The zero-order valence-electron chi connectivity index (χ0n) is 18.6. The highest BCUT2D eigenvalue weighted by Crippen LogP contribution is 2.15. The van der Waals surface area contributed by atoms with Crippen LogP contribution in [0.4, 0.5) is 5.69 Å². The Morgan fingerprint density at radius 2 is 1.47 bits per heavy atom. The van der Waals surface area contributed by atoms with Crippen LogP contribution in [0, 0.1) is 0 Å². The monoisotopic (exact) mass is 430 g/mol. The van der Waals surface area contributed by atoms with E-state index in [0.717, 1.165) is 25.0 Å². The Balaban J connectivity index is 1.49. The molecule has 1 unspecified atom stereocenters. The SMILES string of the molecule is CCCOc1ccc(C(=O)Nc2ccc(C(=O)NC(C)CCc3ccccc3)cc2)cc1. The van der Waals surface area contributed by atoms with Gasteiger partial charge in [-0.25, -0.2) is 0 Å².